The lowest BCUT2D eigenvalue weighted by Crippen LogP contribution is -2.32. The number of nitrogens with one attached hydrogen (secondary N) is 1. The molecule has 0 fully saturated rings. The van der Waals surface area contributed by atoms with Gasteiger partial charge in [-0.3, -0.25) is 9.69 Å². The van der Waals surface area contributed by atoms with Crippen LogP contribution in [0.4, 0.5) is 5.69 Å². The van der Waals surface area contributed by atoms with Crippen LogP contribution in [-0.4, -0.2) is 43.0 Å². The lowest BCUT2D eigenvalue weighted by molar-refractivity contribution is -0.117. The molecule has 1 amide bonds. The second-order valence-electron chi connectivity index (χ2n) is 5.43. The van der Waals surface area contributed by atoms with E-state index in [0.717, 1.165) is 32.4 Å². The molecule has 1 aromatic carbocycles. The molecule has 1 N–H and O–H groups in total. The summed E-state index contributed by atoms with van der Waals surface area (Å²) in [4.78, 5) is 26.0. The fraction of sp³-hybridized carbons (Fsp3) is 0.556. The Morgan fingerprint density at radius 1 is 1.13 bits per heavy atom. The molecule has 5 heteroatoms. The molecule has 128 valence electrons. The highest BCUT2D eigenvalue weighted by molar-refractivity contribution is 5.95. The van der Waals surface area contributed by atoms with Crippen molar-refractivity contribution in [2.24, 2.45) is 0 Å². The summed E-state index contributed by atoms with van der Waals surface area (Å²) in [7, 11) is 0. The Hall–Kier alpha value is -1.88. The molecule has 23 heavy (non-hydrogen) atoms. The number of hydrogen-bond donors (Lipinski definition) is 1. The van der Waals surface area contributed by atoms with Crippen molar-refractivity contribution in [1.82, 2.24) is 4.90 Å². The summed E-state index contributed by atoms with van der Waals surface area (Å²) < 4.78 is 5.23. The first-order chi connectivity index (χ1) is 11.1. The highest BCUT2D eigenvalue weighted by Gasteiger charge is 2.10. The number of carbonyl (C=O) groups excluding carboxylic acids is 2. The molecule has 0 radical (unpaired) electrons. The Balaban J connectivity index is 2.55. The van der Waals surface area contributed by atoms with E-state index in [1.165, 1.54) is 0 Å². The lowest BCUT2D eigenvalue weighted by atomic mass is 10.2. The van der Waals surface area contributed by atoms with Gasteiger partial charge in [0.2, 0.25) is 5.91 Å². The number of benzene rings is 1. The normalized spacial score (nSPS) is 10.6. The van der Waals surface area contributed by atoms with E-state index in [2.05, 4.69) is 12.2 Å². The van der Waals surface area contributed by atoms with Gasteiger partial charge in [-0.2, -0.15) is 0 Å². The quantitative estimate of drug-likeness (QED) is 0.531. The Bertz CT molecular complexity index is 499. The molecule has 0 aliphatic carbocycles. The molecule has 5 nitrogen and oxygen atoms in total. The predicted octanol–water partition coefficient (Wildman–Crippen LogP) is 3.31. The molecule has 0 bridgehead atoms. The van der Waals surface area contributed by atoms with Crippen LogP contribution in [-0.2, 0) is 9.53 Å². The molecular weight excluding hydrogens is 292 g/mol. The molecule has 0 saturated heterocycles. The van der Waals surface area contributed by atoms with Crippen molar-refractivity contribution < 1.29 is 14.3 Å². The SMILES string of the molecule is CCCCCOC(=O)c1cccc(NC(=O)CN(CC)CC)c1. The number of likely N-dealkylation sites (N-methyl/N-ethyl adjacent to an activating group) is 1. The van der Waals surface area contributed by atoms with Crippen molar-refractivity contribution in [3.63, 3.8) is 0 Å². The van der Waals surface area contributed by atoms with E-state index in [1.807, 2.05) is 18.7 Å². The number of rotatable bonds is 10. The highest BCUT2D eigenvalue weighted by atomic mass is 16.5. The van der Waals surface area contributed by atoms with Crippen LogP contribution in [0.1, 0.15) is 50.4 Å². The van der Waals surface area contributed by atoms with Gasteiger partial charge in [0.05, 0.1) is 18.7 Å². The fourth-order valence-electron chi connectivity index (χ4n) is 2.18. The van der Waals surface area contributed by atoms with E-state index in [9.17, 15) is 9.59 Å². The fourth-order valence-corrected chi connectivity index (χ4v) is 2.18. The topological polar surface area (TPSA) is 58.6 Å². The molecule has 0 saturated carbocycles. The number of esters is 1. The van der Waals surface area contributed by atoms with Crippen LogP contribution >= 0.6 is 0 Å². The Morgan fingerprint density at radius 3 is 2.52 bits per heavy atom. The number of anilines is 1. The van der Waals surface area contributed by atoms with Crippen molar-refractivity contribution in [1.29, 1.82) is 0 Å². The first kappa shape index (κ1) is 19.2. The summed E-state index contributed by atoms with van der Waals surface area (Å²) >= 11 is 0. The maximum absolute atomic E-state index is 12.0. The van der Waals surface area contributed by atoms with E-state index in [4.69, 9.17) is 4.74 Å². The molecule has 0 aromatic heterocycles. The molecule has 0 unspecified atom stereocenters. The van der Waals surface area contributed by atoms with E-state index in [0.29, 0.717) is 24.4 Å². The van der Waals surface area contributed by atoms with E-state index in [-0.39, 0.29) is 11.9 Å². The second-order valence-corrected chi connectivity index (χ2v) is 5.43. The van der Waals surface area contributed by atoms with Gasteiger partial charge in [0.1, 0.15) is 0 Å². The van der Waals surface area contributed by atoms with Gasteiger partial charge < -0.3 is 10.1 Å². The van der Waals surface area contributed by atoms with E-state index in [1.54, 1.807) is 24.3 Å². The van der Waals surface area contributed by atoms with Gasteiger partial charge in [-0.1, -0.05) is 39.7 Å². The first-order valence-electron chi connectivity index (χ1n) is 8.40. The van der Waals surface area contributed by atoms with E-state index < -0.39 is 0 Å². The molecular formula is C18H28N2O3. The lowest BCUT2D eigenvalue weighted by Gasteiger charge is -2.17. The average molecular weight is 320 g/mol. The minimum Gasteiger partial charge on any atom is -0.462 e. The zero-order valence-electron chi connectivity index (χ0n) is 14.4. The Labute approximate surface area is 139 Å². The molecule has 0 atom stereocenters. The van der Waals surface area contributed by atoms with Crippen LogP contribution in [0.2, 0.25) is 0 Å². The smallest absolute Gasteiger partial charge is 0.338 e. The number of ether oxygens (including phenoxy) is 1. The number of amides is 1. The van der Waals surface area contributed by atoms with Crippen molar-refractivity contribution in [2.75, 3.05) is 31.6 Å². The molecule has 0 heterocycles. The molecule has 0 aliphatic heterocycles. The molecule has 0 aliphatic rings. The maximum Gasteiger partial charge on any atom is 0.338 e. The maximum atomic E-state index is 12.0. The predicted molar refractivity (Wildman–Crippen MR) is 92.7 cm³/mol. The van der Waals surface area contributed by atoms with E-state index >= 15 is 0 Å². The zero-order valence-corrected chi connectivity index (χ0v) is 14.4. The van der Waals surface area contributed by atoms with Gasteiger partial charge in [0, 0.05) is 5.69 Å². The monoisotopic (exact) mass is 320 g/mol. The summed E-state index contributed by atoms with van der Waals surface area (Å²) in [5.41, 5.74) is 1.08. The van der Waals surface area contributed by atoms with Gasteiger partial charge in [-0.15, -0.1) is 0 Å². The van der Waals surface area contributed by atoms with Gasteiger partial charge in [-0.25, -0.2) is 4.79 Å². The summed E-state index contributed by atoms with van der Waals surface area (Å²) in [6.45, 7) is 8.58. The van der Waals surface area contributed by atoms with Gasteiger partial charge in [0.15, 0.2) is 0 Å². The van der Waals surface area contributed by atoms with Crippen LogP contribution in [0.25, 0.3) is 0 Å². The minimum absolute atomic E-state index is 0.0813. The Kier molecular flexibility index (Phi) is 8.98. The number of nitrogens with zero attached hydrogens (tertiary/aromatic N) is 1. The Morgan fingerprint density at radius 2 is 1.87 bits per heavy atom. The van der Waals surface area contributed by atoms with Crippen LogP contribution in [0.5, 0.6) is 0 Å². The standard InChI is InChI=1S/C18H28N2O3/c1-4-7-8-12-23-18(22)15-10-9-11-16(13-15)19-17(21)14-20(5-2)6-3/h9-11,13H,4-8,12,14H2,1-3H3,(H,19,21). The van der Waals surface area contributed by atoms with Crippen molar-refractivity contribution >= 4 is 17.6 Å². The second kappa shape index (κ2) is 10.8. The third-order valence-corrected chi connectivity index (χ3v) is 3.62. The first-order valence-corrected chi connectivity index (χ1v) is 8.40. The van der Waals surface area contributed by atoms with Crippen LogP contribution in [0.3, 0.4) is 0 Å². The summed E-state index contributed by atoms with van der Waals surface area (Å²) in [5, 5.41) is 2.82. The summed E-state index contributed by atoms with van der Waals surface area (Å²) in [6, 6.07) is 6.87. The number of unbranched alkanes of at least 4 members (excludes halogenated alkanes) is 2. The minimum atomic E-state index is -0.346. The summed E-state index contributed by atoms with van der Waals surface area (Å²) in [6.07, 6.45) is 3.02. The largest absolute Gasteiger partial charge is 0.462 e. The molecule has 1 rings (SSSR count). The van der Waals surface area contributed by atoms with Crippen molar-refractivity contribution in [2.45, 2.75) is 40.0 Å². The van der Waals surface area contributed by atoms with Gasteiger partial charge in [-0.05, 0) is 37.7 Å². The summed E-state index contributed by atoms with van der Waals surface area (Å²) in [5.74, 6) is -0.428. The molecule has 0 spiro atoms. The molecule has 1 aromatic rings. The van der Waals surface area contributed by atoms with Gasteiger partial charge in [0.25, 0.3) is 0 Å². The van der Waals surface area contributed by atoms with Gasteiger partial charge >= 0.3 is 5.97 Å². The average Bonchev–Trinajstić information content (AvgIpc) is 2.56. The van der Waals surface area contributed by atoms with Crippen LogP contribution in [0.15, 0.2) is 24.3 Å². The van der Waals surface area contributed by atoms with Crippen molar-refractivity contribution in [3.05, 3.63) is 29.8 Å². The van der Waals surface area contributed by atoms with Crippen LogP contribution in [0, 0.1) is 0 Å². The number of carbonyl (C=O) groups is 2. The van der Waals surface area contributed by atoms with Crippen LogP contribution < -0.4 is 5.32 Å². The highest BCUT2D eigenvalue weighted by Crippen LogP contribution is 2.12. The zero-order chi connectivity index (χ0) is 17.1. The van der Waals surface area contributed by atoms with Crippen molar-refractivity contribution in [3.8, 4) is 0 Å². The third kappa shape index (κ3) is 7.28. The third-order valence-electron chi connectivity index (χ3n) is 3.62. The number of hydrogen-bond acceptors (Lipinski definition) is 4.